The number of fused-ring (bicyclic) bond motifs is 7. The van der Waals surface area contributed by atoms with Crippen molar-refractivity contribution in [3.05, 3.63) is 46.3 Å². The van der Waals surface area contributed by atoms with Crippen LogP contribution in [0.5, 0.6) is 0 Å². The Kier molecular flexibility index (Phi) is 4.48. The van der Waals surface area contributed by atoms with E-state index in [1.165, 1.54) is 5.57 Å². The van der Waals surface area contributed by atoms with Crippen LogP contribution in [0, 0.1) is 33.0 Å². The minimum Gasteiger partial charge on any atom is -0.504 e. The van der Waals surface area contributed by atoms with E-state index in [-0.39, 0.29) is 33.2 Å². The number of carbonyl (C=O) groups excluding carboxylic acids is 1. The van der Waals surface area contributed by atoms with Crippen LogP contribution in [0.1, 0.15) is 86.5 Å². The van der Waals surface area contributed by atoms with Crippen LogP contribution in [-0.4, -0.2) is 22.0 Å². The fraction of sp³-hybridized carbons (Fsp3) is 0.655. The molecule has 0 saturated heterocycles. The topological polar surface area (TPSA) is 74.6 Å². The molecular weight excluding hydrogens is 412 g/mol. The largest absolute Gasteiger partial charge is 0.504 e. The lowest BCUT2D eigenvalue weighted by atomic mass is 9.34. The molecule has 33 heavy (non-hydrogen) atoms. The number of aliphatic hydroxyl groups is 1. The van der Waals surface area contributed by atoms with Gasteiger partial charge in [0.2, 0.25) is 5.78 Å². The standard InChI is InChI=1S/C29H38O4/c1-17-18-7-8-21-27(4,19(18)15-20(30)23(17)31)12-14-29(6)22-16-26(3,24(32)33)10-9-25(22,2)11-13-28(21,29)5/h7-8,15,22,31H,9-14,16H2,1-6H3,(H,32,33)/t22-,25-,26?,27+,28-,29+/m1/s1. The Morgan fingerprint density at radius 2 is 1.64 bits per heavy atom. The molecule has 0 radical (unpaired) electrons. The number of hydrogen-bond donors (Lipinski definition) is 2. The van der Waals surface area contributed by atoms with Crippen molar-refractivity contribution < 1.29 is 19.8 Å². The van der Waals surface area contributed by atoms with Gasteiger partial charge in [-0.25, -0.2) is 0 Å². The Hall–Kier alpha value is -2.10. The maximum absolute atomic E-state index is 12.6. The normalized spacial score (nSPS) is 46.8. The molecular formula is C29H38O4. The smallest absolute Gasteiger partial charge is 0.309 e. The Labute approximate surface area is 197 Å². The summed E-state index contributed by atoms with van der Waals surface area (Å²) in [5, 5.41) is 20.3. The second kappa shape index (κ2) is 6.52. The third kappa shape index (κ3) is 2.64. The van der Waals surface area contributed by atoms with Crippen molar-refractivity contribution in [2.45, 2.75) is 86.5 Å². The number of carboxylic acid groups (broad SMARTS) is 1. The first-order valence-electron chi connectivity index (χ1n) is 12.6. The molecule has 5 aliphatic rings. The Balaban J connectivity index is 1.64. The van der Waals surface area contributed by atoms with Crippen molar-refractivity contribution in [2.75, 3.05) is 0 Å². The SMILES string of the molecule is CC1=C(O)C(=O)C=C2C1=CC=C1[C@@]2(C)CC[C@@]2(C)[C@@H]3CC(C)(C(=O)O)CC[C@]3(C)CC[C@]12C. The fourth-order valence-electron chi connectivity index (χ4n) is 8.65. The van der Waals surface area contributed by atoms with Gasteiger partial charge in [0.05, 0.1) is 5.41 Å². The Bertz CT molecular complexity index is 1100. The van der Waals surface area contributed by atoms with E-state index in [1.807, 2.05) is 13.8 Å². The molecule has 3 fully saturated rings. The number of aliphatic hydroxyl groups excluding tert-OH is 1. The molecule has 0 amide bonds. The van der Waals surface area contributed by atoms with Crippen LogP contribution >= 0.6 is 0 Å². The average molecular weight is 451 g/mol. The number of carboxylic acids is 1. The van der Waals surface area contributed by atoms with Crippen LogP contribution in [0.4, 0.5) is 0 Å². The lowest BCUT2D eigenvalue weighted by Gasteiger charge is -2.70. The predicted molar refractivity (Wildman–Crippen MR) is 129 cm³/mol. The number of carbonyl (C=O) groups is 2. The average Bonchev–Trinajstić information content (AvgIpc) is 2.75. The summed E-state index contributed by atoms with van der Waals surface area (Å²) in [6.45, 7) is 13.3. The first-order valence-corrected chi connectivity index (χ1v) is 12.6. The third-order valence-corrected chi connectivity index (χ3v) is 11.4. The van der Waals surface area contributed by atoms with Crippen molar-refractivity contribution in [3.63, 3.8) is 0 Å². The van der Waals surface area contributed by atoms with Gasteiger partial charge in [-0.1, -0.05) is 45.4 Å². The zero-order chi connectivity index (χ0) is 24.2. The minimum atomic E-state index is -0.655. The summed E-state index contributed by atoms with van der Waals surface area (Å²) in [7, 11) is 0. The van der Waals surface area contributed by atoms with Gasteiger partial charge in [-0.3, -0.25) is 9.59 Å². The first kappa shape index (κ1) is 22.7. The summed E-state index contributed by atoms with van der Waals surface area (Å²) in [6, 6.07) is 0. The molecule has 178 valence electrons. The van der Waals surface area contributed by atoms with E-state index >= 15 is 0 Å². The van der Waals surface area contributed by atoms with E-state index < -0.39 is 11.4 Å². The van der Waals surface area contributed by atoms with Gasteiger partial charge in [0, 0.05) is 11.0 Å². The van der Waals surface area contributed by atoms with Gasteiger partial charge < -0.3 is 10.2 Å². The van der Waals surface area contributed by atoms with E-state index in [0.717, 1.165) is 56.1 Å². The second-order valence-corrected chi connectivity index (χ2v) is 12.9. The van der Waals surface area contributed by atoms with Crippen LogP contribution in [-0.2, 0) is 9.59 Å². The molecule has 0 spiro atoms. The van der Waals surface area contributed by atoms with E-state index in [4.69, 9.17) is 0 Å². The summed E-state index contributed by atoms with van der Waals surface area (Å²) in [5.41, 5.74) is 3.33. The summed E-state index contributed by atoms with van der Waals surface area (Å²) in [5.74, 6) is -0.734. The molecule has 0 aromatic carbocycles. The number of ketones is 1. The van der Waals surface area contributed by atoms with Crippen molar-refractivity contribution >= 4 is 11.8 Å². The molecule has 6 atom stereocenters. The van der Waals surface area contributed by atoms with E-state index in [0.29, 0.717) is 11.5 Å². The zero-order valence-electron chi connectivity index (χ0n) is 21.0. The first-order chi connectivity index (χ1) is 15.2. The Morgan fingerprint density at radius 3 is 2.30 bits per heavy atom. The molecule has 4 nitrogen and oxygen atoms in total. The van der Waals surface area contributed by atoms with Gasteiger partial charge in [-0.2, -0.15) is 0 Å². The van der Waals surface area contributed by atoms with Gasteiger partial charge in [0.15, 0.2) is 5.76 Å². The molecule has 0 heterocycles. The zero-order valence-corrected chi connectivity index (χ0v) is 21.0. The summed E-state index contributed by atoms with van der Waals surface area (Å²) >= 11 is 0. The number of allylic oxidation sites excluding steroid dienone is 7. The van der Waals surface area contributed by atoms with Gasteiger partial charge in [-0.05, 0) is 98.2 Å². The van der Waals surface area contributed by atoms with Gasteiger partial charge in [-0.15, -0.1) is 0 Å². The molecule has 0 aromatic rings. The van der Waals surface area contributed by atoms with Crippen LogP contribution in [0.2, 0.25) is 0 Å². The molecule has 4 heteroatoms. The molecule has 0 aliphatic heterocycles. The maximum atomic E-state index is 12.6. The van der Waals surface area contributed by atoms with Gasteiger partial charge in [0.1, 0.15) is 0 Å². The number of aliphatic carboxylic acids is 1. The highest BCUT2D eigenvalue weighted by Gasteiger charge is 2.67. The van der Waals surface area contributed by atoms with Crippen molar-refractivity contribution in [1.29, 1.82) is 0 Å². The van der Waals surface area contributed by atoms with Crippen molar-refractivity contribution in [2.24, 2.45) is 33.0 Å². The Morgan fingerprint density at radius 1 is 0.970 bits per heavy atom. The maximum Gasteiger partial charge on any atom is 0.309 e. The van der Waals surface area contributed by atoms with Crippen LogP contribution in [0.25, 0.3) is 0 Å². The van der Waals surface area contributed by atoms with E-state index in [2.05, 4.69) is 39.8 Å². The highest BCUT2D eigenvalue weighted by atomic mass is 16.4. The van der Waals surface area contributed by atoms with Crippen LogP contribution in [0.15, 0.2) is 46.3 Å². The highest BCUT2D eigenvalue weighted by Crippen LogP contribution is 2.75. The summed E-state index contributed by atoms with van der Waals surface area (Å²) in [6.07, 6.45) is 12.7. The van der Waals surface area contributed by atoms with E-state index in [9.17, 15) is 19.8 Å². The molecule has 3 saturated carbocycles. The molecule has 5 rings (SSSR count). The lowest BCUT2D eigenvalue weighted by molar-refractivity contribution is -0.178. The molecule has 5 aliphatic carbocycles. The monoisotopic (exact) mass is 450 g/mol. The number of rotatable bonds is 1. The summed E-state index contributed by atoms with van der Waals surface area (Å²) < 4.78 is 0. The van der Waals surface area contributed by atoms with Gasteiger partial charge in [0.25, 0.3) is 0 Å². The molecule has 0 aromatic heterocycles. The predicted octanol–water partition coefficient (Wildman–Crippen LogP) is 6.70. The van der Waals surface area contributed by atoms with Crippen LogP contribution < -0.4 is 0 Å². The van der Waals surface area contributed by atoms with Crippen LogP contribution in [0.3, 0.4) is 0 Å². The quantitative estimate of drug-likeness (QED) is 0.466. The van der Waals surface area contributed by atoms with E-state index in [1.54, 1.807) is 6.08 Å². The van der Waals surface area contributed by atoms with Crippen molar-refractivity contribution in [1.82, 2.24) is 0 Å². The van der Waals surface area contributed by atoms with Gasteiger partial charge >= 0.3 is 5.97 Å². The highest BCUT2D eigenvalue weighted by molar-refractivity contribution is 6.06. The lowest BCUT2D eigenvalue weighted by Crippen LogP contribution is -2.62. The van der Waals surface area contributed by atoms with Crippen molar-refractivity contribution in [3.8, 4) is 0 Å². The summed E-state index contributed by atoms with van der Waals surface area (Å²) in [4.78, 5) is 24.8. The number of hydrogen-bond acceptors (Lipinski definition) is 3. The molecule has 0 bridgehead atoms. The fourth-order valence-corrected chi connectivity index (χ4v) is 8.65. The third-order valence-electron chi connectivity index (χ3n) is 11.4. The minimum absolute atomic E-state index is 0.0000746. The molecule has 1 unspecified atom stereocenters. The molecule has 2 N–H and O–H groups in total. The second-order valence-electron chi connectivity index (χ2n) is 12.9.